The molecule has 0 fully saturated rings. The normalized spacial score (nSPS) is 19.3. The third kappa shape index (κ3) is 4.63. The van der Waals surface area contributed by atoms with Crippen LogP contribution in [-0.2, 0) is 4.74 Å². The summed E-state index contributed by atoms with van der Waals surface area (Å²) in [6.45, 7) is 2.60. The van der Waals surface area contributed by atoms with E-state index in [4.69, 9.17) is 15.3 Å². The van der Waals surface area contributed by atoms with Gasteiger partial charge in [0.2, 0.25) is 0 Å². The Balaban J connectivity index is 1.91. The fourth-order valence-electron chi connectivity index (χ4n) is 2.07. The maximum atomic E-state index is 6.01. The molecule has 0 saturated carbocycles. The Morgan fingerprint density at radius 2 is 2.24 bits per heavy atom. The van der Waals surface area contributed by atoms with Gasteiger partial charge in [-0.1, -0.05) is 17.3 Å². The Morgan fingerprint density at radius 1 is 1.48 bits per heavy atom. The van der Waals surface area contributed by atoms with Gasteiger partial charge in [-0.3, -0.25) is 0 Å². The predicted molar refractivity (Wildman–Crippen MR) is 83.8 cm³/mol. The Bertz CT molecular complexity index is 504. The molecule has 2 rings (SSSR count). The van der Waals surface area contributed by atoms with Crippen LogP contribution in [0, 0.1) is 0 Å². The molecule has 2 N–H and O–H groups in total. The summed E-state index contributed by atoms with van der Waals surface area (Å²) in [5.74, 6) is 5.86. The standard InChI is InChI=1S/C14H20N4O2S/c1-3-11(8-10-9-19-14(16-10)17-18-15)20-12-4-6-13(21-2)7-5-12/h4-7,10-11H,3,8-9H2,1-2H3,(H2,15,16,17)/t10-,11-/m0/s1. The van der Waals surface area contributed by atoms with Crippen LogP contribution in [0.25, 0.3) is 0 Å². The van der Waals surface area contributed by atoms with Crippen molar-refractivity contribution in [3.63, 3.8) is 0 Å². The van der Waals surface area contributed by atoms with Crippen LogP contribution in [0.3, 0.4) is 0 Å². The van der Waals surface area contributed by atoms with E-state index in [2.05, 4.69) is 40.6 Å². The second kappa shape index (κ2) is 7.87. The van der Waals surface area contributed by atoms with Crippen LogP contribution in [0.1, 0.15) is 19.8 Å². The smallest absolute Gasteiger partial charge is 0.332 e. The average molecular weight is 308 g/mol. The van der Waals surface area contributed by atoms with E-state index >= 15 is 0 Å². The first-order valence-electron chi connectivity index (χ1n) is 6.87. The van der Waals surface area contributed by atoms with Gasteiger partial charge in [-0.15, -0.1) is 11.8 Å². The van der Waals surface area contributed by atoms with Crippen LogP contribution < -0.4 is 10.6 Å². The van der Waals surface area contributed by atoms with Gasteiger partial charge in [0, 0.05) is 11.3 Å². The van der Waals surface area contributed by atoms with Crippen molar-refractivity contribution in [3.05, 3.63) is 24.3 Å². The summed E-state index contributed by atoms with van der Waals surface area (Å²) in [5, 5.41) is 6.77. The Kier molecular flexibility index (Phi) is 5.86. The molecule has 1 aliphatic heterocycles. The molecule has 0 saturated heterocycles. The lowest BCUT2D eigenvalue weighted by Crippen LogP contribution is -2.22. The highest BCUT2D eigenvalue weighted by Gasteiger charge is 2.23. The number of amidine groups is 1. The van der Waals surface area contributed by atoms with E-state index < -0.39 is 0 Å². The number of ether oxygens (including phenoxy) is 2. The van der Waals surface area contributed by atoms with Crippen molar-refractivity contribution in [1.29, 1.82) is 0 Å². The lowest BCUT2D eigenvalue weighted by Gasteiger charge is -2.19. The summed E-state index contributed by atoms with van der Waals surface area (Å²) in [6.07, 6.45) is 3.84. The molecule has 21 heavy (non-hydrogen) atoms. The van der Waals surface area contributed by atoms with Crippen molar-refractivity contribution in [3.8, 4) is 5.75 Å². The number of hydrogen-bond acceptors (Lipinski definition) is 6. The largest absolute Gasteiger partial charge is 0.490 e. The molecule has 0 aliphatic carbocycles. The van der Waals surface area contributed by atoms with E-state index in [9.17, 15) is 0 Å². The summed E-state index contributed by atoms with van der Waals surface area (Å²) in [5.41, 5.74) is 0. The summed E-state index contributed by atoms with van der Waals surface area (Å²) in [4.78, 5) is 5.53. The summed E-state index contributed by atoms with van der Waals surface area (Å²) in [6, 6.07) is 8.41. The van der Waals surface area contributed by atoms with E-state index in [1.807, 2.05) is 12.1 Å². The van der Waals surface area contributed by atoms with E-state index in [0.29, 0.717) is 6.61 Å². The molecule has 1 heterocycles. The first-order chi connectivity index (χ1) is 10.2. The fourth-order valence-corrected chi connectivity index (χ4v) is 2.48. The van der Waals surface area contributed by atoms with Gasteiger partial charge >= 0.3 is 6.02 Å². The van der Waals surface area contributed by atoms with Gasteiger partial charge in [0.05, 0.1) is 6.04 Å². The molecule has 2 atom stereocenters. The highest BCUT2D eigenvalue weighted by Crippen LogP contribution is 2.22. The van der Waals surface area contributed by atoms with Crippen LogP contribution in [0.15, 0.2) is 44.5 Å². The first-order valence-corrected chi connectivity index (χ1v) is 8.09. The second-order valence-electron chi connectivity index (χ2n) is 4.65. The lowest BCUT2D eigenvalue weighted by atomic mass is 10.1. The van der Waals surface area contributed by atoms with Crippen molar-refractivity contribution >= 4 is 17.8 Å². The zero-order valence-corrected chi connectivity index (χ0v) is 13.0. The van der Waals surface area contributed by atoms with Gasteiger partial charge in [-0.05, 0) is 36.9 Å². The zero-order valence-electron chi connectivity index (χ0n) is 12.2. The number of nitrogens with zero attached hydrogens (tertiary/aromatic N) is 3. The minimum Gasteiger partial charge on any atom is -0.490 e. The average Bonchev–Trinajstić information content (AvgIpc) is 2.95. The predicted octanol–water partition coefficient (Wildman–Crippen LogP) is 3.04. The second-order valence-corrected chi connectivity index (χ2v) is 5.53. The van der Waals surface area contributed by atoms with Gasteiger partial charge in [0.15, 0.2) is 0 Å². The molecular formula is C14H20N4O2S. The van der Waals surface area contributed by atoms with Crippen LogP contribution in [-0.4, -0.2) is 31.0 Å². The number of aliphatic imine (C=N–C) groups is 1. The molecular weight excluding hydrogens is 288 g/mol. The molecule has 1 aliphatic rings. The lowest BCUT2D eigenvalue weighted by molar-refractivity contribution is 0.168. The molecule has 6 nitrogen and oxygen atoms in total. The number of rotatable bonds is 6. The van der Waals surface area contributed by atoms with Crippen LogP contribution in [0.5, 0.6) is 5.75 Å². The first kappa shape index (κ1) is 15.6. The van der Waals surface area contributed by atoms with E-state index in [0.717, 1.165) is 18.6 Å². The highest BCUT2D eigenvalue weighted by molar-refractivity contribution is 7.98. The van der Waals surface area contributed by atoms with Gasteiger partial charge in [0.1, 0.15) is 18.5 Å². The molecule has 0 amide bonds. The molecule has 114 valence electrons. The maximum absolute atomic E-state index is 6.01. The van der Waals surface area contributed by atoms with E-state index in [1.165, 1.54) is 4.90 Å². The Morgan fingerprint density at radius 3 is 2.86 bits per heavy atom. The zero-order chi connectivity index (χ0) is 15.1. The highest BCUT2D eigenvalue weighted by atomic mass is 32.2. The summed E-state index contributed by atoms with van der Waals surface area (Å²) >= 11 is 1.71. The van der Waals surface area contributed by atoms with E-state index in [-0.39, 0.29) is 18.2 Å². The number of benzene rings is 1. The van der Waals surface area contributed by atoms with Gasteiger partial charge in [-0.2, -0.15) is 0 Å². The molecule has 1 aromatic rings. The molecule has 0 bridgehead atoms. The molecule has 0 unspecified atom stereocenters. The fraction of sp³-hybridized carbons (Fsp3) is 0.500. The molecule has 7 heteroatoms. The summed E-state index contributed by atoms with van der Waals surface area (Å²) < 4.78 is 11.3. The number of thioether (sulfide) groups is 1. The van der Waals surface area contributed by atoms with Crippen molar-refractivity contribution < 1.29 is 9.47 Å². The van der Waals surface area contributed by atoms with Gasteiger partial charge in [0.25, 0.3) is 0 Å². The van der Waals surface area contributed by atoms with Crippen LogP contribution in [0.4, 0.5) is 0 Å². The minimum absolute atomic E-state index is 0.0425. The van der Waals surface area contributed by atoms with Crippen LogP contribution in [0.2, 0.25) is 0 Å². The Labute approximate surface area is 128 Å². The Hall–Kier alpha value is -1.76. The maximum Gasteiger partial charge on any atom is 0.332 e. The third-order valence-corrected chi connectivity index (χ3v) is 3.94. The third-order valence-electron chi connectivity index (χ3n) is 3.19. The number of nitrogens with two attached hydrogens (primary N) is 1. The summed E-state index contributed by atoms with van der Waals surface area (Å²) in [7, 11) is 0. The topological polar surface area (TPSA) is 81.6 Å². The van der Waals surface area contributed by atoms with Crippen LogP contribution >= 0.6 is 11.8 Å². The van der Waals surface area contributed by atoms with Crippen molar-refractivity contribution in [2.45, 2.75) is 36.8 Å². The molecule has 1 aromatic carbocycles. The van der Waals surface area contributed by atoms with E-state index in [1.54, 1.807) is 11.8 Å². The van der Waals surface area contributed by atoms with Gasteiger partial charge < -0.3 is 15.3 Å². The molecule has 0 spiro atoms. The van der Waals surface area contributed by atoms with Crippen molar-refractivity contribution in [1.82, 2.24) is 0 Å². The van der Waals surface area contributed by atoms with Crippen molar-refractivity contribution in [2.75, 3.05) is 12.9 Å². The monoisotopic (exact) mass is 308 g/mol. The number of hydrogen-bond donors (Lipinski definition) is 1. The quantitative estimate of drug-likeness (QED) is 0.379. The SMILES string of the molecule is CC[C@@H](C[C@H]1COC(N=NN)=N1)Oc1ccc(SC)cc1. The molecule has 0 radical (unpaired) electrons. The molecule has 0 aromatic heterocycles. The van der Waals surface area contributed by atoms with Gasteiger partial charge in [-0.25, -0.2) is 4.99 Å². The van der Waals surface area contributed by atoms with Crippen molar-refractivity contribution in [2.24, 2.45) is 21.2 Å². The minimum atomic E-state index is 0.0425.